The number of hydrogen-bond acceptors (Lipinski definition) is 3. The highest BCUT2D eigenvalue weighted by molar-refractivity contribution is 9.13. The number of benzene rings is 1. The quantitative estimate of drug-likeness (QED) is 0.498. The van der Waals surface area contributed by atoms with Gasteiger partial charge in [-0.2, -0.15) is 0 Å². The number of halogens is 2. The van der Waals surface area contributed by atoms with Crippen LogP contribution < -0.4 is 4.74 Å². The van der Waals surface area contributed by atoms with E-state index in [1.807, 2.05) is 17.0 Å². The molecule has 1 fully saturated rings. The zero-order chi connectivity index (χ0) is 18.3. The van der Waals surface area contributed by atoms with Crippen molar-refractivity contribution in [2.75, 3.05) is 20.2 Å². The van der Waals surface area contributed by atoms with E-state index in [1.54, 1.807) is 7.11 Å². The highest BCUT2D eigenvalue weighted by Crippen LogP contribution is 2.36. The van der Waals surface area contributed by atoms with Crippen LogP contribution in [0.15, 0.2) is 38.7 Å². The fourth-order valence-corrected chi connectivity index (χ4v) is 5.59. The molecule has 1 N–H and O–H groups in total. The largest absolute Gasteiger partial charge is 0.497 e. The number of piperidine rings is 1. The van der Waals surface area contributed by atoms with Gasteiger partial charge >= 0.3 is 0 Å². The second kappa shape index (κ2) is 7.37. The molecular weight excluding hydrogens is 480 g/mol. The minimum absolute atomic E-state index is 0.125. The molecule has 1 aliphatic rings. The van der Waals surface area contributed by atoms with Gasteiger partial charge in [0.1, 0.15) is 5.75 Å². The summed E-state index contributed by atoms with van der Waals surface area (Å²) in [5.74, 6) is 1.46. The smallest absolute Gasteiger partial charge is 0.264 e. The number of nitrogens with one attached hydrogen (secondary N) is 1. The summed E-state index contributed by atoms with van der Waals surface area (Å²) in [6, 6.07) is 8.03. The molecule has 3 aromatic rings. The average Bonchev–Trinajstić information content (AvgIpc) is 3.24. The number of thiophene rings is 1. The van der Waals surface area contributed by atoms with Gasteiger partial charge in [0.25, 0.3) is 5.91 Å². The van der Waals surface area contributed by atoms with Crippen molar-refractivity contribution in [2.45, 2.75) is 18.8 Å². The number of amides is 1. The van der Waals surface area contributed by atoms with Crippen LogP contribution in [0.4, 0.5) is 0 Å². The van der Waals surface area contributed by atoms with Crippen molar-refractivity contribution < 1.29 is 9.53 Å². The minimum Gasteiger partial charge on any atom is -0.497 e. The molecule has 1 saturated heterocycles. The lowest BCUT2D eigenvalue weighted by molar-refractivity contribution is 0.0718. The molecule has 1 amide bonds. The summed E-state index contributed by atoms with van der Waals surface area (Å²) in [6.45, 7) is 1.57. The topological polar surface area (TPSA) is 45.3 Å². The molecule has 0 saturated carbocycles. The fourth-order valence-electron chi connectivity index (χ4n) is 3.59. The Kier molecular flexibility index (Phi) is 5.12. The molecule has 0 spiro atoms. The normalized spacial score (nSPS) is 15.6. The first-order chi connectivity index (χ1) is 12.6. The Morgan fingerprint density at radius 1 is 1.27 bits per heavy atom. The Labute approximate surface area is 172 Å². The van der Waals surface area contributed by atoms with E-state index in [0.717, 1.165) is 50.3 Å². The molecule has 2 aromatic heterocycles. The van der Waals surface area contributed by atoms with Crippen molar-refractivity contribution in [1.29, 1.82) is 0 Å². The lowest BCUT2D eigenvalue weighted by Crippen LogP contribution is -2.37. The van der Waals surface area contributed by atoms with Crippen LogP contribution in [-0.2, 0) is 0 Å². The molecule has 1 aliphatic heterocycles. The first-order valence-corrected chi connectivity index (χ1v) is 10.9. The van der Waals surface area contributed by atoms with E-state index < -0.39 is 0 Å². The van der Waals surface area contributed by atoms with Crippen molar-refractivity contribution in [1.82, 2.24) is 9.88 Å². The van der Waals surface area contributed by atoms with Gasteiger partial charge in [-0.25, -0.2) is 0 Å². The van der Waals surface area contributed by atoms with Gasteiger partial charge in [0.05, 0.1) is 15.8 Å². The molecule has 0 aliphatic carbocycles. The second-order valence-electron chi connectivity index (χ2n) is 6.45. The maximum absolute atomic E-state index is 12.7. The molecule has 1 aromatic carbocycles. The van der Waals surface area contributed by atoms with E-state index in [9.17, 15) is 4.79 Å². The number of methoxy groups -OCH3 is 1. The van der Waals surface area contributed by atoms with Gasteiger partial charge in [-0.1, -0.05) is 0 Å². The number of ether oxygens (including phenoxy) is 1. The van der Waals surface area contributed by atoms with Crippen LogP contribution in [0.1, 0.15) is 34.0 Å². The number of aromatic nitrogens is 1. The predicted molar refractivity (Wildman–Crippen MR) is 112 cm³/mol. The van der Waals surface area contributed by atoms with Crippen LogP contribution in [0.5, 0.6) is 5.75 Å². The van der Waals surface area contributed by atoms with Crippen molar-refractivity contribution >= 4 is 60.0 Å². The van der Waals surface area contributed by atoms with Gasteiger partial charge in [-0.05, 0) is 80.4 Å². The standard InChI is InChI=1S/C19H18Br2N2O2S/c1-25-12-2-3-16-13(8-12)14(10-22-16)11-4-6-23(7-5-11)19(24)17-9-15(20)18(21)26-17/h2-3,8-11,22H,4-7H2,1H3. The Morgan fingerprint density at radius 3 is 2.69 bits per heavy atom. The van der Waals surface area contributed by atoms with Gasteiger partial charge in [-0.15, -0.1) is 11.3 Å². The van der Waals surface area contributed by atoms with E-state index in [4.69, 9.17) is 4.74 Å². The molecule has 4 nitrogen and oxygen atoms in total. The van der Waals surface area contributed by atoms with Crippen LogP contribution in [-0.4, -0.2) is 36.0 Å². The third-order valence-corrected chi connectivity index (χ3v) is 8.24. The van der Waals surface area contributed by atoms with E-state index in [-0.39, 0.29) is 5.91 Å². The summed E-state index contributed by atoms with van der Waals surface area (Å²) in [5.41, 5.74) is 2.46. The molecule has 0 bridgehead atoms. The lowest BCUT2D eigenvalue weighted by Gasteiger charge is -2.31. The molecule has 4 rings (SSSR count). The van der Waals surface area contributed by atoms with Crippen LogP contribution in [0.2, 0.25) is 0 Å². The number of hydrogen-bond donors (Lipinski definition) is 1. The number of H-pyrrole nitrogens is 1. The third-order valence-electron chi connectivity index (χ3n) is 5.00. The number of likely N-dealkylation sites (tertiary alicyclic amines) is 1. The SMILES string of the molecule is COc1ccc2[nH]cc(C3CCN(C(=O)c4cc(Br)c(Br)s4)CC3)c2c1. The number of carbonyl (C=O) groups is 1. The summed E-state index contributed by atoms with van der Waals surface area (Å²) in [5, 5.41) is 1.22. The maximum Gasteiger partial charge on any atom is 0.264 e. The van der Waals surface area contributed by atoms with Crippen LogP contribution >= 0.6 is 43.2 Å². The Balaban J connectivity index is 1.49. The summed E-state index contributed by atoms with van der Waals surface area (Å²) >= 11 is 8.40. The predicted octanol–water partition coefficient (Wildman–Crippen LogP) is 5.78. The molecule has 0 atom stereocenters. The maximum atomic E-state index is 12.7. The highest BCUT2D eigenvalue weighted by atomic mass is 79.9. The van der Waals surface area contributed by atoms with Gasteiger partial charge in [-0.3, -0.25) is 4.79 Å². The minimum atomic E-state index is 0.125. The van der Waals surface area contributed by atoms with Crippen molar-refractivity contribution in [3.05, 3.63) is 49.2 Å². The van der Waals surface area contributed by atoms with Crippen LogP contribution in [0.3, 0.4) is 0 Å². The van der Waals surface area contributed by atoms with Crippen LogP contribution in [0, 0.1) is 0 Å². The molecule has 7 heteroatoms. The second-order valence-corrected chi connectivity index (χ2v) is 9.68. The zero-order valence-electron chi connectivity index (χ0n) is 14.2. The summed E-state index contributed by atoms with van der Waals surface area (Å²) < 4.78 is 7.27. The number of nitrogens with zero attached hydrogens (tertiary/aromatic N) is 1. The molecule has 136 valence electrons. The summed E-state index contributed by atoms with van der Waals surface area (Å²) in [7, 11) is 1.69. The highest BCUT2D eigenvalue weighted by Gasteiger charge is 2.27. The van der Waals surface area contributed by atoms with Crippen molar-refractivity contribution in [3.8, 4) is 5.75 Å². The first kappa shape index (κ1) is 18.1. The third kappa shape index (κ3) is 3.32. The number of fused-ring (bicyclic) bond motifs is 1. The van der Waals surface area contributed by atoms with Gasteiger partial charge in [0.2, 0.25) is 0 Å². The zero-order valence-corrected chi connectivity index (χ0v) is 18.2. The van der Waals surface area contributed by atoms with E-state index in [1.165, 1.54) is 22.3 Å². The van der Waals surface area contributed by atoms with Crippen molar-refractivity contribution in [2.24, 2.45) is 0 Å². The number of carbonyl (C=O) groups excluding carboxylic acids is 1. The molecular formula is C19H18Br2N2O2S. The van der Waals surface area contributed by atoms with E-state index >= 15 is 0 Å². The summed E-state index contributed by atoms with van der Waals surface area (Å²) in [4.78, 5) is 18.8. The Bertz CT molecular complexity index is 938. The molecule has 3 heterocycles. The Hall–Kier alpha value is -1.31. The van der Waals surface area contributed by atoms with Gasteiger partial charge in [0, 0.05) is 34.7 Å². The van der Waals surface area contributed by atoms with Crippen molar-refractivity contribution in [3.63, 3.8) is 0 Å². The fraction of sp³-hybridized carbons (Fsp3) is 0.316. The van der Waals surface area contributed by atoms with E-state index in [2.05, 4.69) is 55.2 Å². The molecule has 0 radical (unpaired) electrons. The lowest BCUT2D eigenvalue weighted by atomic mass is 9.89. The van der Waals surface area contributed by atoms with Gasteiger partial charge < -0.3 is 14.6 Å². The monoisotopic (exact) mass is 496 g/mol. The molecule has 26 heavy (non-hydrogen) atoms. The average molecular weight is 498 g/mol. The number of aromatic amines is 1. The first-order valence-electron chi connectivity index (χ1n) is 8.46. The van der Waals surface area contributed by atoms with Gasteiger partial charge in [0.15, 0.2) is 0 Å². The van der Waals surface area contributed by atoms with E-state index in [0.29, 0.717) is 5.92 Å². The summed E-state index contributed by atoms with van der Waals surface area (Å²) in [6.07, 6.45) is 4.06. The van der Waals surface area contributed by atoms with Crippen LogP contribution in [0.25, 0.3) is 10.9 Å². The number of rotatable bonds is 3. The molecule has 0 unspecified atom stereocenters. The Morgan fingerprint density at radius 2 is 2.04 bits per heavy atom.